The molecule has 0 bridgehead atoms. The Bertz CT molecular complexity index is 1080. The molecule has 2 heterocycles. The van der Waals surface area contributed by atoms with Crippen LogP contribution in [0.2, 0.25) is 5.02 Å². The number of carboxylic acids is 1. The van der Waals surface area contributed by atoms with Crippen LogP contribution in [0.5, 0.6) is 0 Å². The molecule has 2 atom stereocenters. The number of halogens is 4. The van der Waals surface area contributed by atoms with Gasteiger partial charge >= 0.3 is 12.1 Å². The van der Waals surface area contributed by atoms with Crippen LogP contribution in [0.1, 0.15) is 64.1 Å². The van der Waals surface area contributed by atoms with Crippen molar-refractivity contribution < 1.29 is 27.9 Å². The third-order valence-corrected chi connectivity index (χ3v) is 6.12. The molecule has 4 rings (SSSR count). The standard InChI is InChI=1S/C21H19ClF3N3O3/c22-13-5-2-4-12(21(23,24)25)17(13)19(29)11-3-1-6-14-16(11)18(28-27-14)15-9-10(20(30)31)7-8-26-15/h2,4-5,7,11,15,26H,1,3,6,8-9H2,(H,27,28)(H,30,31). The highest BCUT2D eigenvalue weighted by molar-refractivity contribution is 6.34. The number of nitrogens with zero attached hydrogens (tertiary/aromatic N) is 1. The highest BCUT2D eigenvalue weighted by Gasteiger charge is 2.41. The largest absolute Gasteiger partial charge is 0.478 e. The summed E-state index contributed by atoms with van der Waals surface area (Å²) in [7, 11) is 0. The number of fused-ring (bicyclic) bond motifs is 1. The van der Waals surface area contributed by atoms with Crippen molar-refractivity contribution in [2.75, 3.05) is 6.54 Å². The summed E-state index contributed by atoms with van der Waals surface area (Å²) in [6.45, 7) is 0.315. The van der Waals surface area contributed by atoms with E-state index in [1.807, 2.05) is 0 Å². The Morgan fingerprint density at radius 3 is 2.74 bits per heavy atom. The van der Waals surface area contributed by atoms with Gasteiger partial charge in [0.2, 0.25) is 0 Å². The maximum absolute atomic E-state index is 13.6. The number of aliphatic carboxylic acids is 1. The second-order valence-electron chi connectivity index (χ2n) is 7.67. The molecule has 1 aromatic carbocycles. The van der Waals surface area contributed by atoms with Gasteiger partial charge in [0.05, 0.1) is 28.2 Å². The van der Waals surface area contributed by atoms with Crippen LogP contribution in [0.4, 0.5) is 13.2 Å². The first-order chi connectivity index (χ1) is 14.7. The van der Waals surface area contributed by atoms with Gasteiger partial charge in [0, 0.05) is 35.4 Å². The number of hydrogen-bond donors (Lipinski definition) is 3. The van der Waals surface area contributed by atoms with Gasteiger partial charge in [-0.15, -0.1) is 0 Å². The van der Waals surface area contributed by atoms with Gasteiger partial charge in [0.15, 0.2) is 5.78 Å². The van der Waals surface area contributed by atoms with Gasteiger partial charge in [0.1, 0.15) is 0 Å². The number of alkyl halides is 3. The van der Waals surface area contributed by atoms with Crippen molar-refractivity contribution in [3.8, 4) is 0 Å². The molecule has 0 spiro atoms. The van der Waals surface area contributed by atoms with E-state index >= 15 is 0 Å². The smallest absolute Gasteiger partial charge is 0.417 e. The summed E-state index contributed by atoms with van der Waals surface area (Å²) in [6, 6.07) is 2.84. The van der Waals surface area contributed by atoms with Crippen molar-refractivity contribution in [3.05, 3.63) is 62.9 Å². The van der Waals surface area contributed by atoms with Crippen LogP contribution in [0, 0.1) is 0 Å². The number of aromatic nitrogens is 2. The molecular formula is C21H19ClF3N3O3. The molecular weight excluding hydrogens is 435 g/mol. The van der Waals surface area contributed by atoms with Crippen molar-refractivity contribution >= 4 is 23.4 Å². The van der Waals surface area contributed by atoms with Gasteiger partial charge in [0.25, 0.3) is 0 Å². The molecule has 1 aliphatic heterocycles. The van der Waals surface area contributed by atoms with E-state index in [9.17, 15) is 27.9 Å². The highest BCUT2D eigenvalue weighted by Crippen LogP contribution is 2.42. The highest BCUT2D eigenvalue weighted by atomic mass is 35.5. The minimum atomic E-state index is -4.72. The zero-order chi connectivity index (χ0) is 22.3. The topological polar surface area (TPSA) is 95.1 Å². The number of benzene rings is 1. The number of ketones is 1. The normalized spacial score (nSPS) is 21.4. The lowest BCUT2D eigenvalue weighted by Gasteiger charge is -2.27. The number of H-pyrrole nitrogens is 1. The number of carboxylic acid groups (broad SMARTS) is 1. The van der Waals surface area contributed by atoms with Gasteiger partial charge in [-0.05, 0) is 31.4 Å². The van der Waals surface area contributed by atoms with Gasteiger partial charge in [-0.1, -0.05) is 23.7 Å². The monoisotopic (exact) mass is 453 g/mol. The number of rotatable bonds is 4. The molecule has 0 radical (unpaired) electrons. The summed E-state index contributed by atoms with van der Waals surface area (Å²) in [6.07, 6.45) is -1.42. The maximum atomic E-state index is 13.6. The molecule has 0 fully saturated rings. The quantitative estimate of drug-likeness (QED) is 0.595. The molecule has 1 aliphatic carbocycles. The van der Waals surface area contributed by atoms with E-state index in [0.717, 1.165) is 6.07 Å². The first-order valence-electron chi connectivity index (χ1n) is 9.81. The molecule has 0 amide bonds. The summed E-state index contributed by atoms with van der Waals surface area (Å²) in [5.41, 5.74) is 0.338. The summed E-state index contributed by atoms with van der Waals surface area (Å²) >= 11 is 6.06. The van der Waals surface area contributed by atoms with E-state index in [-0.39, 0.29) is 17.0 Å². The van der Waals surface area contributed by atoms with Gasteiger partial charge in [-0.2, -0.15) is 18.3 Å². The summed E-state index contributed by atoms with van der Waals surface area (Å²) in [4.78, 5) is 24.8. The fourth-order valence-electron chi connectivity index (χ4n) is 4.39. The van der Waals surface area contributed by atoms with E-state index in [1.165, 1.54) is 12.1 Å². The number of aryl methyl sites for hydroxylation is 1. The van der Waals surface area contributed by atoms with Crippen LogP contribution in [0.25, 0.3) is 0 Å². The minimum Gasteiger partial charge on any atom is -0.478 e. The lowest BCUT2D eigenvalue weighted by Crippen LogP contribution is -2.30. The predicted molar refractivity (Wildman–Crippen MR) is 106 cm³/mol. The Morgan fingerprint density at radius 2 is 2.03 bits per heavy atom. The summed E-state index contributed by atoms with van der Waals surface area (Å²) in [5.74, 6) is -2.58. The lowest BCUT2D eigenvalue weighted by atomic mass is 9.78. The molecule has 3 N–H and O–H groups in total. The van der Waals surface area contributed by atoms with Crippen LogP contribution in [0.3, 0.4) is 0 Å². The van der Waals surface area contributed by atoms with Gasteiger partial charge in [-0.25, -0.2) is 4.79 Å². The predicted octanol–water partition coefficient (Wildman–Crippen LogP) is 4.43. The van der Waals surface area contributed by atoms with Crippen LogP contribution < -0.4 is 5.32 Å². The van der Waals surface area contributed by atoms with Crippen molar-refractivity contribution in [1.82, 2.24) is 15.5 Å². The third kappa shape index (κ3) is 3.99. The summed E-state index contributed by atoms with van der Waals surface area (Å²) < 4.78 is 40.7. The number of hydrogen-bond acceptors (Lipinski definition) is 4. The Hall–Kier alpha value is -2.65. The van der Waals surface area contributed by atoms with Gasteiger partial charge in [-0.3, -0.25) is 9.89 Å². The Labute approximate surface area is 180 Å². The van der Waals surface area contributed by atoms with Crippen LogP contribution in [-0.4, -0.2) is 33.6 Å². The molecule has 2 unspecified atom stereocenters. The van der Waals surface area contributed by atoms with Crippen LogP contribution in [-0.2, 0) is 17.4 Å². The van der Waals surface area contributed by atoms with Crippen molar-refractivity contribution in [1.29, 1.82) is 0 Å². The van der Waals surface area contributed by atoms with E-state index in [4.69, 9.17) is 11.6 Å². The number of carbonyl (C=O) groups is 2. The fourth-order valence-corrected chi connectivity index (χ4v) is 4.66. The maximum Gasteiger partial charge on any atom is 0.417 e. The van der Waals surface area contributed by atoms with Crippen LogP contribution in [0.15, 0.2) is 29.8 Å². The van der Waals surface area contributed by atoms with E-state index in [1.54, 1.807) is 6.08 Å². The molecule has 0 saturated heterocycles. The molecule has 10 heteroatoms. The Kier molecular flexibility index (Phi) is 5.65. The number of carbonyl (C=O) groups excluding carboxylic acids is 1. The van der Waals surface area contributed by atoms with Gasteiger partial charge < -0.3 is 10.4 Å². The SMILES string of the molecule is O=C(O)C1=CCNC(c2n[nH]c3c2C(C(=O)c2c(Cl)cccc2C(F)(F)F)CCC3)C1. The average Bonchev–Trinajstić information content (AvgIpc) is 3.17. The minimum absolute atomic E-state index is 0.160. The Morgan fingerprint density at radius 1 is 1.26 bits per heavy atom. The zero-order valence-electron chi connectivity index (χ0n) is 16.2. The van der Waals surface area contributed by atoms with Crippen molar-refractivity contribution in [2.24, 2.45) is 0 Å². The number of aromatic amines is 1. The Balaban J connectivity index is 1.75. The fraction of sp³-hybridized carbons (Fsp3) is 0.381. The van der Waals surface area contributed by atoms with E-state index < -0.39 is 41.0 Å². The number of nitrogens with one attached hydrogen (secondary N) is 2. The molecule has 164 valence electrons. The molecule has 0 saturated carbocycles. The molecule has 2 aliphatic rings. The second-order valence-corrected chi connectivity index (χ2v) is 8.08. The number of Topliss-reactive ketones (excluding diaryl/α,β-unsaturated/α-hetero) is 1. The average molecular weight is 454 g/mol. The van der Waals surface area contributed by atoms with Crippen LogP contribution >= 0.6 is 11.6 Å². The molecule has 2 aromatic rings. The van der Waals surface area contributed by atoms with Crippen molar-refractivity contribution in [2.45, 2.75) is 43.8 Å². The first-order valence-corrected chi connectivity index (χ1v) is 10.2. The second kappa shape index (κ2) is 8.12. The third-order valence-electron chi connectivity index (χ3n) is 5.80. The lowest BCUT2D eigenvalue weighted by molar-refractivity contribution is -0.138. The molecule has 6 nitrogen and oxygen atoms in total. The molecule has 31 heavy (non-hydrogen) atoms. The molecule has 1 aromatic heterocycles. The zero-order valence-corrected chi connectivity index (χ0v) is 17.0. The first kappa shape index (κ1) is 21.6. The van der Waals surface area contributed by atoms with E-state index in [0.29, 0.717) is 42.8 Å². The van der Waals surface area contributed by atoms with E-state index in [2.05, 4.69) is 15.5 Å². The van der Waals surface area contributed by atoms with Crippen molar-refractivity contribution in [3.63, 3.8) is 0 Å². The summed E-state index contributed by atoms with van der Waals surface area (Å²) in [5, 5.41) is 19.5.